The maximum Gasteiger partial charge on any atom is 0.251 e. The van der Waals surface area contributed by atoms with E-state index in [-0.39, 0.29) is 17.3 Å². The van der Waals surface area contributed by atoms with E-state index in [0.717, 1.165) is 0 Å². The molecule has 0 saturated carbocycles. The van der Waals surface area contributed by atoms with Crippen LogP contribution in [0.4, 0.5) is 0 Å². The molecule has 29 heavy (non-hydrogen) atoms. The molecule has 1 atom stereocenters. The molecule has 0 fully saturated rings. The topological polar surface area (TPSA) is 81.7 Å². The van der Waals surface area contributed by atoms with Crippen LogP contribution in [0.3, 0.4) is 0 Å². The summed E-state index contributed by atoms with van der Waals surface area (Å²) in [6.45, 7) is -0.0507. The molecule has 0 aliphatic rings. The van der Waals surface area contributed by atoms with Crippen molar-refractivity contribution in [1.82, 2.24) is 5.32 Å². The van der Waals surface area contributed by atoms with Crippen LogP contribution in [0.15, 0.2) is 70.9 Å². The monoisotopic (exact) mass is 431 g/mol. The molecule has 0 aliphatic carbocycles. The molecule has 1 amide bonds. The summed E-state index contributed by atoms with van der Waals surface area (Å²) in [6, 6.07) is 16.5. The zero-order valence-corrected chi connectivity index (χ0v) is 17.6. The molecule has 8 heteroatoms. The molecule has 0 spiro atoms. The Kier molecular flexibility index (Phi) is 6.56. The van der Waals surface area contributed by atoms with Crippen LogP contribution in [0.5, 0.6) is 11.5 Å². The van der Waals surface area contributed by atoms with Crippen LogP contribution in [0, 0.1) is 0 Å². The lowest BCUT2D eigenvalue weighted by Crippen LogP contribution is -2.31. The number of rotatable bonds is 8. The highest BCUT2D eigenvalue weighted by Gasteiger charge is 2.30. The number of carbonyl (C=O) groups excluding carboxylic acids is 1. The van der Waals surface area contributed by atoms with Gasteiger partial charge in [0.1, 0.15) is 16.7 Å². The number of amides is 1. The molecule has 3 rings (SSSR count). The van der Waals surface area contributed by atoms with E-state index in [4.69, 9.17) is 9.47 Å². The Morgan fingerprint density at radius 2 is 1.72 bits per heavy atom. The van der Waals surface area contributed by atoms with Crippen molar-refractivity contribution in [3.05, 3.63) is 76.5 Å². The Balaban J connectivity index is 1.85. The predicted octanol–water partition coefficient (Wildman–Crippen LogP) is 3.71. The molecule has 0 bridgehead atoms. The minimum atomic E-state index is -3.72. The first-order valence-corrected chi connectivity index (χ1v) is 11.2. The summed E-state index contributed by atoms with van der Waals surface area (Å²) in [5.41, 5.74) is 0.399. The summed E-state index contributed by atoms with van der Waals surface area (Å²) in [5.74, 6) is 0.761. The first-order chi connectivity index (χ1) is 14.0. The number of methoxy groups -OCH3 is 2. The van der Waals surface area contributed by atoms with Crippen LogP contribution < -0.4 is 14.8 Å². The van der Waals surface area contributed by atoms with E-state index in [1.807, 2.05) is 5.38 Å². The summed E-state index contributed by atoms with van der Waals surface area (Å²) in [4.78, 5) is 13.4. The third-order valence-corrected chi connectivity index (χ3v) is 7.64. The van der Waals surface area contributed by atoms with Crippen LogP contribution in [0.1, 0.15) is 20.5 Å². The van der Waals surface area contributed by atoms with E-state index in [1.165, 1.54) is 37.7 Å². The number of thiophene rings is 1. The van der Waals surface area contributed by atoms with Gasteiger partial charge in [0.25, 0.3) is 5.91 Å². The van der Waals surface area contributed by atoms with Gasteiger partial charge >= 0.3 is 0 Å². The number of nitrogens with one attached hydrogen (secondary N) is 1. The minimum Gasteiger partial charge on any atom is -0.497 e. The number of hydrogen-bond acceptors (Lipinski definition) is 6. The normalized spacial score (nSPS) is 12.2. The Morgan fingerprint density at radius 1 is 1.00 bits per heavy atom. The van der Waals surface area contributed by atoms with Gasteiger partial charge in [-0.25, -0.2) is 8.42 Å². The second-order valence-corrected chi connectivity index (χ2v) is 9.28. The van der Waals surface area contributed by atoms with Gasteiger partial charge in [-0.1, -0.05) is 12.1 Å². The third kappa shape index (κ3) is 4.78. The fourth-order valence-corrected chi connectivity index (χ4v) is 5.60. The van der Waals surface area contributed by atoms with Gasteiger partial charge in [-0.05, 0) is 53.9 Å². The fourth-order valence-electron chi connectivity index (χ4n) is 2.82. The highest BCUT2D eigenvalue weighted by molar-refractivity contribution is 7.91. The van der Waals surface area contributed by atoms with Gasteiger partial charge in [-0.3, -0.25) is 4.79 Å². The van der Waals surface area contributed by atoms with Gasteiger partial charge in [-0.2, -0.15) is 0 Å². The molecule has 0 saturated heterocycles. The lowest BCUT2D eigenvalue weighted by Gasteiger charge is -2.18. The Morgan fingerprint density at radius 3 is 2.34 bits per heavy atom. The molecule has 2 aromatic carbocycles. The molecule has 1 N–H and O–H groups in total. The second kappa shape index (κ2) is 9.11. The Labute approximate surface area is 174 Å². The van der Waals surface area contributed by atoms with Gasteiger partial charge in [0.15, 0.2) is 9.84 Å². The molecular formula is C21H21NO5S2. The third-order valence-electron chi connectivity index (χ3n) is 4.40. The van der Waals surface area contributed by atoms with E-state index in [2.05, 4.69) is 5.32 Å². The van der Waals surface area contributed by atoms with E-state index in [9.17, 15) is 13.2 Å². The van der Waals surface area contributed by atoms with E-state index in [1.54, 1.807) is 48.5 Å². The molecule has 6 nitrogen and oxygen atoms in total. The summed E-state index contributed by atoms with van der Waals surface area (Å²) in [5, 5.41) is 3.66. The quantitative estimate of drug-likeness (QED) is 0.588. The average molecular weight is 432 g/mol. The van der Waals surface area contributed by atoms with Crippen LogP contribution in [0.25, 0.3) is 0 Å². The second-order valence-electron chi connectivity index (χ2n) is 6.17. The zero-order valence-electron chi connectivity index (χ0n) is 16.0. The summed E-state index contributed by atoms with van der Waals surface area (Å²) >= 11 is 1.34. The average Bonchev–Trinajstić information content (AvgIpc) is 3.28. The summed E-state index contributed by atoms with van der Waals surface area (Å²) in [6.07, 6.45) is 0. The number of benzene rings is 2. The highest BCUT2D eigenvalue weighted by atomic mass is 32.2. The van der Waals surface area contributed by atoms with Gasteiger partial charge in [0.05, 0.1) is 19.1 Å². The van der Waals surface area contributed by atoms with Crippen molar-refractivity contribution in [2.24, 2.45) is 0 Å². The van der Waals surface area contributed by atoms with Gasteiger partial charge in [-0.15, -0.1) is 11.3 Å². The Bertz CT molecular complexity index is 1060. The molecular weight excluding hydrogens is 410 g/mol. The van der Waals surface area contributed by atoms with Crippen LogP contribution in [-0.2, 0) is 9.84 Å². The first-order valence-electron chi connectivity index (χ1n) is 8.79. The smallest absolute Gasteiger partial charge is 0.251 e. The number of carbonyl (C=O) groups is 1. The highest BCUT2D eigenvalue weighted by Crippen LogP contribution is 2.32. The van der Waals surface area contributed by atoms with Crippen molar-refractivity contribution in [2.75, 3.05) is 20.8 Å². The van der Waals surface area contributed by atoms with Crippen LogP contribution in [0.2, 0.25) is 0 Å². The number of sulfone groups is 1. The Hall–Kier alpha value is -2.84. The molecule has 1 heterocycles. The van der Waals surface area contributed by atoms with E-state index in [0.29, 0.717) is 21.9 Å². The van der Waals surface area contributed by atoms with Crippen LogP contribution in [-0.4, -0.2) is 35.1 Å². The van der Waals surface area contributed by atoms with Crippen molar-refractivity contribution in [3.63, 3.8) is 0 Å². The van der Waals surface area contributed by atoms with Crippen molar-refractivity contribution in [3.8, 4) is 11.5 Å². The molecule has 0 radical (unpaired) electrons. The van der Waals surface area contributed by atoms with Crippen LogP contribution >= 0.6 is 11.3 Å². The largest absolute Gasteiger partial charge is 0.497 e. The first kappa shape index (κ1) is 20.9. The van der Waals surface area contributed by atoms with E-state index >= 15 is 0 Å². The minimum absolute atomic E-state index is 0.0507. The standard InChI is InChI=1S/C21H21NO5S2/c1-26-16-8-10-18(11-9-16)29(24,25)20(19-7-4-12-28-19)14-22-21(23)15-5-3-6-17(13-15)27-2/h3-13,20H,14H2,1-2H3,(H,22,23)/t20-/m1/s1. The van der Waals surface area contributed by atoms with Crippen molar-refractivity contribution >= 4 is 27.1 Å². The molecule has 3 aromatic rings. The molecule has 0 aliphatic heterocycles. The number of ether oxygens (including phenoxy) is 2. The molecule has 152 valence electrons. The lowest BCUT2D eigenvalue weighted by molar-refractivity contribution is 0.0953. The molecule has 1 aromatic heterocycles. The molecule has 0 unspecified atom stereocenters. The number of hydrogen-bond donors (Lipinski definition) is 1. The van der Waals surface area contributed by atoms with Gasteiger partial charge < -0.3 is 14.8 Å². The zero-order chi connectivity index (χ0) is 20.9. The van der Waals surface area contributed by atoms with Gasteiger partial charge in [0, 0.05) is 17.0 Å². The fraction of sp³-hybridized carbons (Fsp3) is 0.190. The van der Waals surface area contributed by atoms with Crippen molar-refractivity contribution in [2.45, 2.75) is 10.1 Å². The van der Waals surface area contributed by atoms with Crippen molar-refractivity contribution < 1.29 is 22.7 Å². The maximum absolute atomic E-state index is 13.3. The SMILES string of the molecule is COc1ccc(S(=O)(=O)[C@H](CNC(=O)c2cccc(OC)c2)c2cccs2)cc1. The van der Waals surface area contributed by atoms with E-state index < -0.39 is 15.1 Å². The van der Waals surface area contributed by atoms with Gasteiger partial charge in [0.2, 0.25) is 0 Å². The lowest BCUT2D eigenvalue weighted by atomic mass is 10.2. The predicted molar refractivity (Wildman–Crippen MR) is 113 cm³/mol. The van der Waals surface area contributed by atoms with Crippen molar-refractivity contribution in [1.29, 1.82) is 0 Å². The summed E-state index contributed by atoms with van der Waals surface area (Å²) in [7, 11) is -0.685. The summed E-state index contributed by atoms with van der Waals surface area (Å²) < 4.78 is 36.8. The maximum atomic E-state index is 13.3.